The Bertz CT molecular complexity index is 1170. The number of aryl methyl sites for hydroxylation is 1. The second-order valence-corrected chi connectivity index (χ2v) is 9.10. The minimum Gasteiger partial charge on any atom is -0.490 e. The summed E-state index contributed by atoms with van der Waals surface area (Å²) < 4.78 is 7.06. The minimum absolute atomic E-state index is 0.246. The summed E-state index contributed by atoms with van der Waals surface area (Å²) in [7, 11) is 17.8. The molecule has 3 rings (SSSR count). The number of aromatic nitrogens is 2. The summed E-state index contributed by atoms with van der Waals surface area (Å²) in [6, 6.07) is 5.05. The SMILES string of the molecule is [B]C([B])([B])n1c(=O)c2cc(OC[C@@](C)(N)CC(C)C)c(Cl)cc2c2ccnc(C)c21. The van der Waals surface area contributed by atoms with E-state index < -0.39 is 16.3 Å². The number of hydrogen-bond donors (Lipinski definition) is 1. The molecule has 5 nitrogen and oxygen atoms in total. The molecule has 2 aromatic heterocycles. The van der Waals surface area contributed by atoms with Crippen molar-refractivity contribution in [3.8, 4) is 5.75 Å². The maximum Gasteiger partial charge on any atom is 0.257 e. The molecule has 2 heterocycles. The minimum atomic E-state index is -1.91. The van der Waals surface area contributed by atoms with Crippen LogP contribution >= 0.6 is 11.6 Å². The summed E-state index contributed by atoms with van der Waals surface area (Å²) in [5, 5.41) is 0.136. The van der Waals surface area contributed by atoms with Gasteiger partial charge in [-0.15, -0.1) is 0 Å². The molecule has 0 amide bonds. The lowest BCUT2D eigenvalue weighted by Crippen LogP contribution is -2.43. The Hall–Kier alpha value is -1.92. The molecule has 0 saturated carbocycles. The van der Waals surface area contributed by atoms with E-state index in [0.29, 0.717) is 44.1 Å². The Morgan fingerprint density at radius 1 is 1.23 bits per heavy atom. The Kier molecular flexibility index (Phi) is 6.05. The quantitative estimate of drug-likeness (QED) is 0.495. The van der Waals surface area contributed by atoms with Crippen LogP contribution in [-0.4, -0.2) is 45.2 Å². The van der Waals surface area contributed by atoms with Gasteiger partial charge in [-0.2, -0.15) is 0 Å². The lowest BCUT2D eigenvalue weighted by atomic mass is 9.49. The van der Waals surface area contributed by atoms with E-state index in [-0.39, 0.29) is 6.61 Å². The molecule has 0 bridgehead atoms. The molecule has 0 aliphatic rings. The summed E-state index contributed by atoms with van der Waals surface area (Å²) >= 11 is 6.50. The maximum absolute atomic E-state index is 13.3. The van der Waals surface area contributed by atoms with Crippen molar-refractivity contribution in [1.82, 2.24) is 9.55 Å². The van der Waals surface area contributed by atoms with E-state index in [2.05, 4.69) is 18.8 Å². The third-order valence-corrected chi connectivity index (χ3v) is 5.24. The second-order valence-electron chi connectivity index (χ2n) is 8.69. The monoisotopic (exact) mass is 417 g/mol. The smallest absolute Gasteiger partial charge is 0.257 e. The largest absolute Gasteiger partial charge is 0.490 e. The zero-order valence-corrected chi connectivity index (χ0v) is 18.5. The van der Waals surface area contributed by atoms with Gasteiger partial charge in [0.15, 0.2) is 0 Å². The fraction of sp³-hybridized carbons (Fsp3) is 0.429. The average molecular weight is 417 g/mol. The van der Waals surface area contributed by atoms with Gasteiger partial charge in [0.25, 0.3) is 5.56 Å². The Labute approximate surface area is 185 Å². The number of rotatable bonds is 6. The first-order valence-corrected chi connectivity index (χ1v) is 10.1. The van der Waals surface area contributed by atoms with Gasteiger partial charge in [0.1, 0.15) is 12.4 Å². The van der Waals surface area contributed by atoms with Gasteiger partial charge in [-0.1, -0.05) is 30.7 Å². The van der Waals surface area contributed by atoms with Gasteiger partial charge in [0.05, 0.1) is 45.2 Å². The molecule has 6 radical (unpaired) electrons. The number of pyridine rings is 2. The van der Waals surface area contributed by atoms with Crippen molar-refractivity contribution in [3.05, 3.63) is 45.5 Å². The fourth-order valence-corrected chi connectivity index (χ4v) is 4.17. The van der Waals surface area contributed by atoms with Crippen LogP contribution in [0, 0.1) is 12.8 Å². The van der Waals surface area contributed by atoms with Crippen LogP contribution in [-0.2, 0) is 5.24 Å². The van der Waals surface area contributed by atoms with E-state index >= 15 is 0 Å². The molecule has 30 heavy (non-hydrogen) atoms. The topological polar surface area (TPSA) is 70.1 Å². The summed E-state index contributed by atoms with van der Waals surface area (Å²) in [6.07, 6.45) is 2.42. The molecule has 2 N–H and O–H groups in total. The number of halogens is 1. The average Bonchev–Trinajstić information content (AvgIpc) is 2.59. The number of hydrogen-bond acceptors (Lipinski definition) is 4. The van der Waals surface area contributed by atoms with E-state index in [9.17, 15) is 4.79 Å². The van der Waals surface area contributed by atoms with E-state index in [0.717, 1.165) is 11.0 Å². The van der Waals surface area contributed by atoms with Crippen LogP contribution in [0.5, 0.6) is 5.75 Å². The van der Waals surface area contributed by atoms with Crippen molar-refractivity contribution < 1.29 is 4.74 Å². The van der Waals surface area contributed by atoms with Crippen LogP contribution in [0.3, 0.4) is 0 Å². The molecule has 9 heteroatoms. The Morgan fingerprint density at radius 2 is 1.90 bits per heavy atom. The van der Waals surface area contributed by atoms with E-state index in [4.69, 9.17) is 45.6 Å². The molecule has 0 aliphatic carbocycles. The lowest BCUT2D eigenvalue weighted by molar-refractivity contribution is 0.207. The van der Waals surface area contributed by atoms with Gasteiger partial charge in [0, 0.05) is 17.1 Å². The van der Waals surface area contributed by atoms with Gasteiger partial charge in [-0.25, -0.2) is 0 Å². The first-order valence-electron chi connectivity index (χ1n) is 9.74. The predicted octanol–water partition coefficient (Wildman–Crippen LogP) is 2.73. The van der Waals surface area contributed by atoms with Gasteiger partial charge in [-0.3, -0.25) is 9.78 Å². The number of benzene rings is 1. The van der Waals surface area contributed by atoms with E-state index in [1.165, 1.54) is 0 Å². The van der Waals surface area contributed by atoms with Crippen molar-refractivity contribution in [2.45, 2.75) is 44.9 Å². The molecule has 1 atom stereocenters. The highest BCUT2D eigenvalue weighted by Crippen LogP contribution is 2.34. The number of nitrogens with two attached hydrogens (primary N) is 1. The number of fused-ring (bicyclic) bond motifs is 3. The third-order valence-electron chi connectivity index (χ3n) is 4.95. The van der Waals surface area contributed by atoms with Crippen molar-refractivity contribution in [2.75, 3.05) is 6.61 Å². The van der Waals surface area contributed by atoms with Gasteiger partial charge >= 0.3 is 0 Å². The zero-order chi connectivity index (χ0) is 22.4. The van der Waals surface area contributed by atoms with Crippen LogP contribution in [0.15, 0.2) is 29.2 Å². The zero-order valence-electron chi connectivity index (χ0n) is 17.7. The first-order chi connectivity index (χ1) is 13.8. The van der Waals surface area contributed by atoms with Crippen molar-refractivity contribution in [3.63, 3.8) is 0 Å². The van der Waals surface area contributed by atoms with E-state index in [1.54, 1.807) is 31.3 Å². The normalized spacial score (nSPS) is 14.4. The summed E-state index contributed by atoms with van der Waals surface area (Å²) in [6.45, 7) is 8.11. The van der Waals surface area contributed by atoms with Crippen molar-refractivity contribution >= 4 is 56.8 Å². The van der Waals surface area contributed by atoms with Crippen molar-refractivity contribution in [2.24, 2.45) is 11.7 Å². The molecule has 0 unspecified atom stereocenters. The number of nitrogens with zero attached hydrogens (tertiary/aromatic N) is 2. The highest BCUT2D eigenvalue weighted by atomic mass is 35.5. The van der Waals surface area contributed by atoms with Crippen LogP contribution in [0.4, 0.5) is 0 Å². The molecule has 0 aliphatic heterocycles. The van der Waals surface area contributed by atoms with Gasteiger partial charge in [0.2, 0.25) is 0 Å². The molecule has 1 aromatic carbocycles. The predicted molar refractivity (Wildman–Crippen MR) is 126 cm³/mol. The molecule has 3 aromatic rings. The molecule has 150 valence electrons. The Balaban J connectivity index is 2.22. The molecule has 0 saturated heterocycles. The summed E-state index contributed by atoms with van der Waals surface area (Å²) in [5.41, 5.74) is 6.37. The van der Waals surface area contributed by atoms with Gasteiger partial charge < -0.3 is 15.0 Å². The fourth-order valence-electron chi connectivity index (χ4n) is 3.95. The van der Waals surface area contributed by atoms with Crippen LogP contribution in [0.2, 0.25) is 5.02 Å². The maximum atomic E-state index is 13.3. The second kappa shape index (κ2) is 7.97. The molecular formula is C21H23B3ClN3O2. The molecule has 0 spiro atoms. The van der Waals surface area contributed by atoms with Crippen LogP contribution in [0.25, 0.3) is 21.7 Å². The summed E-state index contributed by atoms with van der Waals surface area (Å²) in [4.78, 5) is 17.6. The molecule has 0 fully saturated rings. The molecular weight excluding hydrogens is 394 g/mol. The van der Waals surface area contributed by atoms with E-state index in [1.807, 2.05) is 6.92 Å². The number of ether oxygens (including phenoxy) is 1. The van der Waals surface area contributed by atoms with Crippen molar-refractivity contribution in [1.29, 1.82) is 0 Å². The van der Waals surface area contributed by atoms with Gasteiger partial charge in [-0.05, 0) is 49.8 Å². The van der Waals surface area contributed by atoms with Crippen LogP contribution < -0.4 is 16.0 Å². The standard InChI is InChI=1S/C21H23B3ClN3O2/c1-11(2)9-20(4,26)10-30-17-8-15-14(7-16(17)25)13-5-6-27-12(3)18(13)28(19(15)29)21(22,23)24/h5-8,11H,9-10,26H2,1-4H3/t20-/m0/s1. The first kappa shape index (κ1) is 22.8. The highest BCUT2D eigenvalue weighted by Gasteiger charge is 2.24. The Morgan fingerprint density at radius 3 is 2.50 bits per heavy atom. The summed E-state index contributed by atoms with van der Waals surface area (Å²) in [5.74, 6) is 0.771. The third kappa shape index (κ3) is 4.40. The highest BCUT2D eigenvalue weighted by molar-refractivity contribution is 6.57. The lowest BCUT2D eigenvalue weighted by Gasteiger charge is -2.28. The van der Waals surface area contributed by atoms with Crippen LogP contribution in [0.1, 0.15) is 32.9 Å².